The van der Waals surface area contributed by atoms with Gasteiger partial charge in [-0.05, 0) is 60.2 Å². The number of rotatable bonds is 8. The van der Waals surface area contributed by atoms with Crippen molar-refractivity contribution >= 4 is 17.3 Å². The highest BCUT2D eigenvalue weighted by Crippen LogP contribution is 2.54. The number of fused-ring (bicyclic) bond motifs is 3. The highest BCUT2D eigenvalue weighted by molar-refractivity contribution is 6.31. The number of hydrogen-bond acceptors (Lipinski definition) is 15. The van der Waals surface area contributed by atoms with E-state index in [1.807, 2.05) is 25.9 Å². The number of benzene rings is 2. The highest BCUT2D eigenvalue weighted by Gasteiger charge is 2.51. The van der Waals surface area contributed by atoms with E-state index in [1.54, 1.807) is 20.8 Å². The fraction of sp³-hybridized carbons (Fsp3) is 0.625. The minimum atomic E-state index is -1.55. The summed E-state index contributed by atoms with van der Waals surface area (Å²) in [6.07, 6.45) is -6.14. The minimum Gasteiger partial charge on any atom is -0.507 e. The summed E-state index contributed by atoms with van der Waals surface area (Å²) in [5, 5.41) is 57.0. The van der Waals surface area contributed by atoms with Crippen molar-refractivity contribution in [1.82, 2.24) is 4.90 Å². The molecular weight excluding hydrogens is 718 g/mol. The van der Waals surface area contributed by atoms with Gasteiger partial charge in [0.05, 0.1) is 40.6 Å². The first-order chi connectivity index (χ1) is 26.0. The maximum atomic E-state index is 13.8. The van der Waals surface area contributed by atoms with Gasteiger partial charge >= 0.3 is 0 Å². The predicted octanol–water partition coefficient (Wildman–Crippen LogP) is 3.15. The maximum Gasteiger partial charge on any atom is 0.202 e. The number of aromatic hydroxyl groups is 3. The van der Waals surface area contributed by atoms with Crippen molar-refractivity contribution in [2.75, 3.05) is 14.1 Å². The molecule has 0 amide bonds. The second-order valence-corrected chi connectivity index (χ2v) is 15.7. The van der Waals surface area contributed by atoms with E-state index in [9.17, 15) is 39.9 Å². The molecule has 0 saturated carbocycles. The third kappa shape index (κ3) is 6.97. The average molecular weight is 770 g/mol. The summed E-state index contributed by atoms with van der Waals surface area (Å²) < 4.78 is 37.4. The van der Waals surface area contributed by atoms with Crippen molar-refractivity contribution < 1.29 is 68.3 Å². The normalized spacial score (nSPS) is 36.4. The third-order valence-electron chi connectivity index (χ3n) is 12.0. The van der Waals surface area contributed by atoms with Crippen molar-refractivity contribution in [1.29, 1.82) is 0 Å². The van der Waals surface area contributed by atoms with Gasteiger partial charge in [-0.1, -0.05) is 19.1 Å². The minimum absolute atomic E-state index is 0.00247. The molecule has 300 valence electrons. The Bertz CT molecular complexity index is 1840. The largest absolute Gasteiger partial charge is 0.507 e. The molecule has 0 spiro atoms. The molecule has 2 aromatic carbocycles. The van der Waals surface area contributed by atoms with Crippen LogP contribution in [0.3, 0.4) is 0 Å². The van der Waals surface area contributed by atoms with Gasteiger partial charge in [-0.25, -0.2) is 0 Å². The SMILES string of the molecule is CC[C@@]1(O)CCc2c(O)c3c(c(O)c2[C@H]1OC1CC(N(C)C)C(OC2CC(O)C(OC4CCC(=O)C(C)O4)C(C)O2)C(C)O1)C(=O)c1cccc(O)c1C3=O. The first-order valence-corrected chi connectivity index (χ1v) is 19.1. The molecule has 12 atom stereocenters. The van der Waals surface area contributed by atoms with E-state index in [0.717, 1.165) is 0 Å². The Morgan fingerprint density at radius 2 is 1.47 bits per heavy atom. The van der Waals surface area contributed by atoms with Crippen LogP contribution in [0.1, 0.15) is 115 Å². The Kier molecular flexibility index (Phi) is 10.9. The molecule has 7 rings (SSSR count). The molecule has 0 bridgehead atoms. The lowest BCUT2D eigenvalue weighted by Gasteiger charge is -2.48. The second-order valence-electron chi connectivity index (χ2n) is 15.7. The third-order valence-corrected chi connectivity index (χ3v) is 12.0. The Morgan fingerprint density at radius 3 is 2.13 bits per heavy atom. The first-order valence-electron chi connectivity index (χ1n) is 19.1. The van der Waals surface area contributed by atoms with Gasteiger partial charge < -0.3 is 58.9 Å². The number of phenolic OH excluding ortho intramolecular Hbond substituents is 3. The molecule has 5 aliphatic rings. The zero-order valence-corrected chi connectivity index (χ0v) is 31.9. The summed E-state index contributed by atoms with van der Waals surface area (Å²) in [5.74, 6) is -3.05. The molecule has 3 aliphatic heterocycles. The van der Waals surface area contributed by atoms with Gasteiger partial charge in [0, 0.05) is 48.4 Å². The molecule has 15 nitrogen and oxygen atoms in total. The van der Waals surface area contributed by atoms with Crippen LogP contribution >= 0.6 is 0 Å². The van der Waals surface area contributed by atoms with Crippen LogP contribution in [0.2, 0.25) is 0 Å². The number of carbonyl (C=O) groups excluding carboxylic acids is 3. The van der Waals surface area contributed by atoms with Crippen LogP contribution in [-0.2, 0) is 39.6 Å². The maximum absolute atomic E-state index is 13.8. The van der Waals surface area contributed by atoms with Crippen molar-refractivity contribution in [3.63, 3.8) is 0 Å². The van der Waals surface area contributed by atoms with Crippen molar-refractivity contribution in [3.8, 4) is 17.2 Å². The zero-order chi connectivity index (χ0) is 39.7. The molecule has 2 aliphatic carbocycles. The van der Waals surface area contributed by atoms with E-state index in [1.165, 1.54) is 18.2 Å². The number of carbonyl (C=O) groups is 3. The lowest BCUT2D eigenvalue weighted by Crippen LogP contribution is -2.58. The van der Waals surface area contributed by atoms with Crippen LogP contribution in [-0.4, -0.2) is 129 Å². The van der Waals surface area contributed by atoms with Crippen LogP contribution in [0, 0.1) is 0 Å². The fourth-order valence-corrected chi connectivity index (χ4v) is 8.85. The first kappa shape index (κ1) is 39.7. The van der Waals surface area contributed by atoms with Crippen molar-refractivity contribution in [2.24, 2.45) is 0 Å². The molecule has 5 N–H and O–H groups in total. The van der Waals surface area contributed by atoms with Crippen LogP contribution in [0.25, 0.3) is 0 Å². The van der Waals surface area contributed by atoms with Crippen LogP contribution < -0.4 is 0 Å². The molecule has 3 fully saturated rings. The quantitative estimate of drug-likeness (QED) is 0.209. The predicted molar refractivity (Wildman–Crippen MR) is 192 cm³/mol. The Balaban J connectivity index is 1.11. The Labute approximate surface area is 319 Å². The number of hydrogen-bond donors (Lipinski definition) is 5. The second kappa shape index (κ2) is 15.1. The summed E-state index contributed by atoms with van der Waals surface area (Å²) in [7, 11) is 3.75. The lowest BCUT2D eigenvalue weighted by molar-refractivity contribution is -0.328. The van der Waals surface area contributed by atoms with Crippen LogP contribution in [0.15, 0.2) is 18.2 Å². The van der Waals surface area contributed by atoms with Crippen molar-refractivity contribution in [2.45, 2.75) is 146 Å². The fourth-order valence-electron chi connectivity index (χ4n) is 8.85. The van der Waals surface area contributed by atoms with E-state index in [-0.39, 0.29) is 66.2 Å². The van der Waals surface area contributed by atoms with Crippen LogP contribution in [0.4, 0.5) is 0 Å². The molecule has 3 saturated heterocycles. The number of ketones is 3. The monoisotopic (exact) mass is 769 g/mol. The standard InChI is InChI=1S/C40H51NO14/c1-7-40(49)14-13-21-30(36(48)32-31(34(21)46)35(47)29-20(33(32)45)9-8-10-24(29)43)39(40)55-27-15-22(41(5)6)37(18(3)51-27)54-28-16-25(44)38(19(4)52-28)53-26-12-11-23(42)17(2)50-26/h8-10,17-19,22,25-28,37-39,43-44,46,48-49H,7,11-16H2,1-6H3/t17?,18?,19?,22?,25?,26?,27?,28?,37?,38?,39-,40-/m1/s1. The van der Waals surface area contributed by atoms with Gasteiger partial charge in [0.15, 0.2) is 30.4 Å². The van der Waals surface area contributed by atoms with Gasteiger partial charge in [-0.3, -0.25) is 14.4 Å². The van der Waals surface area contributed by atoms with Crippen molar-refractivity contribution in [3.05, 3.63) is 51.6 Å². The smallest absolute Gasteiger partial charge is 0.202 e. The molecule has 2 aromatic rings. The molecule has 55 heavy (non-hydrogen) atoms. The number of aliphatic hydroxyl groups excluding tert-OH is 1. The summed E-state index contributed by atoms with van der Waals surface area (Å²) in [5.41, 5.74) is -2.57. The van der Waals surface area contributed by atoms with E-state index in [2.05, 4.69) is 0 Å². The summed E-state index contributed by atoms with van der Waals surface area (Å²) in [4.78, 5) is 41.3. The van der Waals surface area contributed by atoms with E-state index in [0.29, 0.717) is 12.8 Å². The van der Waals surface area contributed by atoms with Gasteiger partial charge in [-0.2, -0.15) is 0 Å². The Hall–Kier alpha value is -3.51. The van der Waals surface area contributed by atoms with E-state index >= 15 is 0 Å². The summed E-state index contributed by atoms with van der Waals surface area (Å²) in [6, 6.07) is 3.73. The average Bonchev–Trinajstić information content (AvgIpc) is 3.13. The molecule has 0 radical (unpaired) electrons. The summed E-state index contributed by atoms with van der Waals surface area (Å²) in [6.45, 7) is 7.04. The number of aliphatic hydroxyl groups is 2. The van der Waals surface area contributed by atoms with Gasteiger partial charge in [-0.15, -0.1) is 0 Å². The highest BCUT2D eigenvalue weighted by atomic mass is 16.7. The number of likely N-dealkylation sites (N-methyl/N-ethyl adjacent to an activating group) is 1. The zero-order valence-electron chi connectivity index (χ0n) is 31.9. The van der Waals surface area contributed by atoms with Gasteiger partial charge in [0.1, 0.15) is 41.7 Å². The van der Waals surface area contributed by atoms with Gasteiger partial charge in [0.25, 0.3) is 0 Å². The van der Waals surface area contributed by atoms with E-state index < -0.39 is 107 Å². The van der Waals surface area contributed by atoms with E-state index in [4.69, 9.17) is 28.4 Å². The Morgan fingerprint density at radius 1 is 0.818 bits per heavy atom. The lowest BCUT2D eigenvalue weighted by atomic mass is 9.71. The molecular formula is C40H51NO14. The summed E-state index contributed by atoms with van der Waals surface area (Å²) >= 11 is 0. The van der Waals surface area contributed by atoms with Gasteiger partial charge in [0.2, 0.25) is 5.78 Å². The number of Topliss-reactive ketones (excluding diaryl/α,β-unsaturated/α-hetero) is 1. The topological polar surface area (TPSA) is 211 Å². The molecule has 3 heterocycles. The van der Waals surface area contributed by atoms with Crippen LogP contribution in [0.5, 0.6) is 17.2 Å². The number of nitrogens with zero attached hydrogens (tertiary/aromatic N) is 1. The molecule has 0 aromatic heterocycles. The molecule has 10 unspecified atom stereocenters. The number of ether oxygens (including phenoxy) is 6. The number of phenols is 3. The molecule has 15 heteroatoms.